The fraction of sp³-hybridized carbons (Fsp3) is 0.500. The van der Waals surface area contributed by atoms with Gasteiger partial charge in [0.25, 0.3) is 0 Å². The maximum Gasteiger partial charge on any atom is 0.419 e. The molecule has 0 aliphatic carbocycles. The molecule has 1 aromatic heterocycles. The highest BCUT2D eigenvalue weighted by molar-refractivity contribution is 7.89. The third-order valence-electron chi connectivity index (χ3n) is 4.19. The molecule has 0 bridgehead atoms. The lowest BCUT2D eigenvalue weighted by Crippen LogP contribution is -2.27. The van der Waals surface area contributed by atoms with Crippen molar-refractivity contribution in [2.45, 2.75) is 37.6 Å². The summed E-state index contributed by atoms with van der Waals surface area (Å²) in [5.41, 5.74) is 0.642. The summed E-state index contributed by atoms with van der Waals surface area (Å²) in [6.45, 7) is 3.11. The molecule has 0 unspecified atom stereocenters. The van der Waals surface area contributed by atoms with Crippen molar-refractivity contribution in [2.24, 2.45) is 0 Å². The zero-order valence-corrected chi connectivity index (χ0v) is 14.8. The lowest BCUT2D eigenvalue weighted by atomic mass is 10.3. The average Bonchev–Trinajstić information content (AvgIpc) is 3.20. The summed E-state index contributed by atoms with van der Waals surface area (Å²) in [6.07, 6.45) is 1.73. The molecular weight excluding hydrogens is 348 g/mol. The molecule has 3 rings (SSSR count). The zero-order chi connectivity index (χ0) is 18.0. The third-order valence-corrected chi connectivity index (χ3v) is 6.08. The van der Waals surface area contributed by atoms with Crippen LogP contribution in [0.1, 0.15) is 26.2 Å². The normalized spacial score (nSPS) is 15.7. The van der Waals surface area contributed by atoms with Gasteiger partial charge < -0.3 is 9.15 Å². The Kier molecular flexibility index (Phi) is 4.96. The second kappa shape index (κ2) is 7.01. The van der Waals surface area contributed by atoms with Gasteiger partial charge in [-0.05, 0) is 31.9 Å². The summed E-state index contributed by atoms with van der Waals surface area (Å²) in [5, 5.41) is 0. The standard InChI is InChI=1S/C16H20N2O6S/c1-2-23-15(19)7-10-18-13-6-5-12(11-14(13)24-16(18)20)25(21,22)17-8-3-4-9-17/h5-6,11H,2-4,7-10H2,1H3. The van der Waals surface area contributed by atoms with Crippen LogP contribution in [-0.4, -0.2) is 43.0 Å². The first-order chi connectivity index (χ1) is 11.9. The van der Waals surface area contributed by atoms with Crippen molar-refractivity contribution in [1.29, 1.82) is 0 Å². The van der Waals surface area contributed by atoms with E-state index in [4.69, 9.17) is 9.15 Å². The van der Waals surface area contributed by atoms with Gasteiger partial charge in [0.15, 0.2) is 5.58 Å². The largest absolute Gasteiger partial charge is 0.466 e. The van der Waals surface area contributed by atoms with Gasteiger partial charge in [0.1, 0.15) is 0 Å². The van der Waals surface area contributed by atoms with Crippen molar-refractivity contribution >= 4 is 27.1 Å². The topological polar surface area (TPSA) is 98.8 Å². The molecular formula is C16H20N2O6S. The van der Waals surface area contributed by atoms with E-state index in [1.54, 1.807) is 6.92 Å². The smallest absolute Gasteiger partial charge is 0.419 e. The van der Waals surface area contributed by atoms with Gasteiger partial charge in [-0.2, -0.15) is 4.31 Å². The maximum atomic E-state index is 12.6. The predicted molar refractivity (Wildman–Crippen MR) is 89.7 cm³/mol. The zero-order valence-electron chi connectivity index (χ0n) is 13.9. The molecule has 0 amide bonds. The minimum atomic E-state index is -3.58. The van der Waals surface area contributed by atoms with Crippen molar-refractivity contribution in [2.75, 3.05) is 19.7 Å². The molecule has 136 valence electrons. The third kappa shape index (κ3) is 3.47. The monoisotopic (exact) mass is 368 g/mol. The van der Waals surface area contributed by atoms with Crippen LogP contribution < -0.4 is 5.76 Å². The van der Waals surface area contributed by atoms with Crippen LogP contribution >= 0.6 is 0 Å². The van der Waals surface area contributed by atoms with Crippen molar-refractivity contribution in [3.63, 3.8) is 0 Å². The molecule has 25 heavy (non-hydrogen) atoms. The lowest BCUT2D eigenvalue weighted by molar-refractivity contribution is -0.143. The van der Waals surface area contributed by atoms with E-state index in [1.165, 1.54) is 27.1 Å². The highest BCUT2D eigenvalue weighted by Gasteiger charge is 2.28. The highest BCUT2D eigenvalue weighted by atomic mass is 32.2. The summed E-state index contributed by atoms with van der Waals surface area (Å²) in [5.74, 6) is -1.04. The number of carbonyl (C=O) groups excluding carboxylic acids is 1. The van der Waals surface area contributed by atoms with Gasteiger partial charge in [0.2, 0.25) is 10.0 Å². The molecule has 9 heteroatoms. The van der Waals surface area contributed by atoms with Gasteiger partial charge in [-0.1, -0.05) is 0 Å². The van der Waals surface area contributed by atoms with Crippen molar-refractivity contribution in [1.82, 2.24) is 8.87 Å². The number of aromatic nitrogens is 1. The SMILES string of the molecule is CCOC(=O)CCn1c(=O)oc2cc(S(=O)(=O)N3CCCC3)ccc21. The number of esters is 1. The van der Waals surface area contributed by atoms with Crippen LogP contribution in [0.15, 0.2) is 32.3 Å². The van der Waals surface area contributed by atoms with Gasteiger partial charge in [0, 0.05) is 25.7 Å². The number of benzene rings is 1. The molecule has 0 saturated carbocycles. The van der Waals surface area contributed by atoms with Crippen molar-refractivity contribution in [3.8, 4) is 0 Å². The first kappa shape index (κ1) is 17.7. The van der Waals surface area contributed by atoms with Crippen LogP contribution in [0.2, 0.25) is 0 Å². The highest BCUT2D eigenvalue weighted by Crippen LogP contribution is 2.24. The molecule has 0 radical (unpaired) electrons. The molecule has 1 aliphatic rings. The van der Waals surface area contributed by atoms with E-state index < -0.39 is 21.7 Å². The van der Waals surface area contributed by atoms with Crippen LogP contribution in [0.25, 0.3) is 11.1 Å². The Morgan fingerprint density at radius 1 is 1.28 bits per heavy atom. The summed E-state index contributed by atoms with van der Waals surface area (Å²) in [4.78, 5) is 23.6. The van der Waals surface area contributed by atoms with Gasteiger partial charge in [-0.25, -0.2) is 13.2 Å². The number of carbonyl (C=O) groups is 1. The Labute approximate surface area is 145 Å². The Hall–Kier alpha value is -2.13. The van der Waals surface area contributed by atoms with E-state index >= 15 is 0 Å². The fourth-order valence-electron chi connectivity index (χ4n) is 2.93. The number of fused-ring (bicyclic) bond motifs is 1. The first-order valence-electron chi connectivity index (χ1n) is 8.22. The molecule has 0 N–H and O–H groups in total. The van der Waals surface area contributed by atoms with Crippen LogP contribution in [0.4, 0.5) is 0 Å². The number of hydrogen-bond acceptors (Lipinski definition) is 6. The molecule has 2 heterocycles. The van der Waals surface area contributed by atoms with Crippen molar-refractivity contribution < 1.29 is 22.4 Å². The molecule has 1 fully saturated rings. The Bertz CT molecular complexity index is 937. The Morgan fingerprint density at radius 3 is 2.68 bits per heavy atom. The quantitative estimate of drug-likeness (QED) is 0.714. The number of hydrogen-bond donors (Lipinski definition) is 0. The van der Waals surface area contributed by atoms with E-state index in [-0.39, 0.29) is 30.1 Å². The minimum Gasteiger partial charge on any atom is -0.466 e. The lowest BCUT2D eigenvalue weighted by Gasteiger charge is -2.15. The van der Waals surface area contributed by atoms with E-state index in [0.717, 1.165) is 12.8 Å². The molecule has 8 nitrogen and oxygen atoms in total. The maximum absolute atomic E-state index is 12.6. The van der Waals surface area contributed by atoms with Crippen LogP contribution in [0, 0.1) is 0 Å². The molecule has 1 aromatic carbocycles. The number of ether oxygens (including phenoxy) is 1. The predicted octanol–water partition coefficient (Wildman–Crippen LogP) is 1.33. The average molecular weight is 368 g/mol. The van der Waals surface area contributed by atoms with Gasteiger partial charge >= 0.3 is 11.7 Å². The van der Waals surface area contributed by atoms with Crippen LogP contribution in [0.3, 0.4) is 0 Å². The van der Waals surface area contributed by atoms with E-state index in [2.05, 4.69) is 0 Å². The van der Waals surface area contributed by atoms with E-state index in [0.29, 0.717) is 18.6 Å². The summed E-state index contributed by atoms with van der Waals surface area (Å²) >= 11 is 0. The number of rotatable bonds is 6. The van der Waals surface area contributed by atoms with Crippen molar-refractivity contribution in [3.05, 3.63) is 28.7 Å². The number of sulfonamides is 1. The summed E-state index contributed by atoms with van der Waals surface area (Å²) in [6, 6.07) is 4.37. The first-order valence-corrected chi connectivity index (χ1v) is 9.66. The summed E-state index contributed by atoms with van der Waals surface area (Å²) in [7, 11) is -3.58. The van der Waals surface area contributed by atoms with E-state index in [9.17, 15) is 18.0 Å². The number of oxazole rings is 1. The van der Waals surface area contributed by atoms with E-state index in [1.807, 2.05) is 0 Å². The number of aryl methyl sites for hydroxylation is 1. The Morgan fingerprint density at radius 2 is 2.00 bits per heavy atom. The second-order valence-electron chi connectivity index (χ2n) is 5.82. The molecule has 0 atom stereocenters. The van der Waals surface area contributed by atoms with Crippen LogP contribution in [0.5, 0.6) is 0 Å². The molecule has 2 aromatic rings. The van der Waals surface area contributed by atoms with Gasteiger partial charge in [-0.3, -0.25) is 9.36 Å². The van der Waals surface area contributed by atoms with Crippen LogP contribution in [-0.2, 0) is 26.1 Å². The van der Waals surface area contributed by atoms with Gasteiger partial charge in [0.05, 0.1) is 23.4 Å². The summed E-state index contributed by atoms with van der Waals surface area (Å²) < 4.78 is 37.9. The van der Waals surface area contributed by atoms with Gasteiger partial charge in [-0.15, -0.1) is 0 Å². The fourth-order valence-corrected chi connectivity index (χ4v) is 4.47. The number of nitrogens with zero attached hydrogens (tertiary/aromatic N) is 2. The minimum absolute atomic E-state index is 0.0379. The molecule has 0 spiro atoms. The molecule has 1 aliphatic heterocycles. The Balaban J connectivity index is 1.90. The molecule has 1 saturated heterocycles. The second-order valence-corrected chi connectivity index (χ2v) is 7.75.